The molecular weight excluding hydrogens is 959 g/mol. The largest absolute Gasteiger partial charge is 0.310 e. The molecule has 0 unspecified atom stereocenters. The normalized spacial score (nSPS) is 11.7. The van der Waals surface area contributed by atoms with Gasteiger partial charge in [-0.15, -0.1) is 0 Å². The lowest BCUT2D eigenvalue weighted by Gasteiger charge is -2.28. The van der Waals surface area contributed by atoms with E-state index >= 15 is 0 Å². The third-order valence-corrected chi connectivity index (χ3v) is 15.6. The minimum Gasteiger partial charge on any atom is -0.310 e. The van der Waals surface area contributed by atoms with E-state index in [9.17, 15) is 8.78 Å². The summed E-state index contributed by atoms with van der Waals surface area (Å²) in [7, 11) is 0. The van der Waals surface area contributed by atoms with Crippen molar-refractivity contribution in [1.29, 1.82) is 0 Å². The van der Waals surface area contributed by atoms with E-state index in [1.54, 1.807) is 0 Å². The molecule has 0 aliphatic carbocycles. The van der Waals surface area contributed by atoms with Gasteiger partial charge in [0, 0.05) is 66.7 Å². The third kappa shape index (κ3) is 7.48. The smallest absolute Gasteiger partial charge is 0.123 e. The Kier molecular flexibility index (Phi) is 10.5. The van der Waals surface area contributed by atoms with Crippen LogP contribution >= 0.6 is 0 Å². The number of hydrogen-bond donors (Lipinski definition) is 0. The van der Waals surface area contributed by atoms with Crippen molar-refractivity contribution in [3.05, 3.63) is 291 Å². The number of halogens is 2. The Morgan fingerprint density at radius 1 is 0.256 bits per heavy atom. The maximum absolute atomic E-state index is 14.3. The molecule has 0 atom stereocenters. The van der Waals surface area contributed by atoms with Gasteiger partial charge in [0.05, 0.1) is 27.8 Å². The van der Waals surface area contributed by atoms with Crippen molar-refractivity contribution in [2.24, 2.45) is 0 Å². The predicted octanol–water partition coefficient (Wildman–Crippen LogP) is 20.2. The van der Waals surface area contributed by atoms with Gasteiger partial charge in [-0.1, -0.05) is 140 Å². The van der Waals surface area contributed by atoms with Crippen LogP contribution in [0.2, 0.25) is 0 Å². The molecule has 6 heteroatoms. The van der Waals surface area contributed by atoms with Gasteiger partial charge in [0.25, 0.3) is 0 Å². The first-order valence-corrected chi connectivity index (χ1v) is 26.3. The van der Waals surface area contributed by atoms with Crippen molar-refractivity contribution in [3.63, 3.8) is 0 Å². The van der Waals surface area contributed by atoms with E-state index in [0.29, 0.717) is 0 Å². The van der Waals surface area contributed by atoms with E-state index in [-0.39, 0.29) is 11.6 Å². The lowest BCUT2D eigenvalue weighted by atomic mass is 9.96. The summed E-state index contributed by atoms with van der Waals surface area (Å²) in [4.78, 5) is 4.73. The zero-order valence-corrected chi connectivity index (χ0v) is 42.1. The number of para-hydroxylation sites is 2. The number of rotatable bonds is 9. The lowest BCUT2D eigenvalue weighted by molar-refractivity contribution is 0.627. The second-order valence-corrected chi connectivity index (χ2v) is 20.0. The Morgan fingerprint density at radius 3 is 1.23 bits per heavy atom. The Balaban J connectivity index is 0.866. The van der Waals surface area contributed by atoms with Crippen molar-refractivity contribution < 1.29 is 8.78 Å². The quantitative estimate of drug-likeness (QED) is 0.143. The molecule has 0 aliphatic rings. The van der Waals surface area contributed by atoms with E-state index in [1.165, 1.54) is 35.0 Å². The highest BCUT2D eigenvalue weighted by Gasteiger charge is 2.22. The second-order valence-electron chi connectivity index (χ2n) is 20.0. The molecule has 0 radical (unpaired) electrons. The van der Waals surface area contributed by atoms with Crippen LogP contribution in [0.3, 0.4) is 0 Å². The molecule has 78 heavy (non-hydrogen) atoms. The highest BCUT2D eigenvalue weighted by Crippen LogP contribution is 2.46. The van der Waals surface area contributed by atoms with Crippen molar-refractivity contribution in [1.82, 2.24) is 9.13 Å². The van der Waals surface area contributed by atoms with Crippen LogP contribution in [0.4, 0.5) is 42.9 Å². The van der Waals surface area contributed by atoms with E-state index in [1.807, 2.05) is 24.3 Å². The molecule has 15 rings (SSSR count). The molecule has 0 bridgehead atoms. The van der Waals surface area contributed by atoms with Crippen LogP contribution in [0.1, 0.15) is 0 Å². The molecule has 13 aromatic carbocycles. The van der Waals surface area contributed by atoms with Crippen LogP contribution in [0.25, 0.3) is 98.4 Å². The predicted molar refractivity (Wildman–Crippen MR) is 322 cm³/mol. The van der Waals surface area contributed by atoms with Crippen LogP contribution in [0, 0.1) is 11.6 Å². The molecule has 0 fully saturated rings. The van der Waals surface area contributed by atoms with Gasteiger partial charge in [0.15, 0.2) is 0 Å². The van der Waals surface area contributed by atoms with E-state index in [4.69, 9.17) is 0 Å². The Bertz CT molecular complexity index is 4820. The summed E-state index contributed by atoms with van der Waals surface area (Å²) in [5.41, 5.74) is 14.5. The van der Waals surface area contributed by atoms with Crippen LogP contribution in [-0.2, 0) is 0 Å². The monoisotopic (exact) mass is 1000 g/mol. The number of fused-ring (bicyclic) bond motifs is 9. The van der Waals surface area contributed by atoms with Gasteiger partial charge in [-0.3, -0.25) is 0 Å². The minimum atomic E-state index is -0.261. The first-order valence-electron chi connectivity index (χ1n) is 26.3. The highest BCUT2D eigenvalue weighted by atomic mass is 19.1. The van der Waals surface area contributed by atoms with Crippen LogP contribution in [0.15, 0.2) is 279 Å². The van der Waals surface area contributed by atoms with Crippen LogP contribution < -0.4 is 9.80 Å². The second kappa shape index (κ2) is 18.2. The summed E-state index contributed by atoms with van der Waals surface area (Å²) in [5, 5.41) is 11.4. The summed E-state index contributed by atoms with van der Waals surface area (Å²) < 4.78 is 32.9. The Morgan fingerprint density at radius 2 is 0.667 bits per heavy atom. The molecule has 0 N–H and O–H groups in total. The maximum atomic E-state index is 14.3. The molecule has 2 heterocycles. The number of aromatic nitrogens is 2. The standard InChI is InChI=1S/C72H46F2N4/c73-52-27-35-55(36-28-52)77-69-20-7-5-15-64(69)66-45-59(39-41-71(66)77)75(57-33-23-47-11-1-3-13-50(47)43-57)54-31-25-49(26-32-54)61-17-9-19-63-62(61)18-10-22-68(63)76(58-34-24-48-12-2-4-14-51(48)44-58)60-40-42-72-67(46-60)65-16-6-8-21-70(65)78(72)56-37-29-53(74)30-38-56/h1-46H. The number of anilines is 6. The topological polar surface area (TPSA) is 16.3 Å². The number of nitrogens with zero attached hydrogens (tertiary/aromatic N) is 4. The van der Waals surface area contributed by atoms with Crippen molar-refractivity contribution in [2.45, 2.75) is 0 Å². The molecule has 15 aromatic rings. The maximum Gasteiger partial charge on any atom is 0.123 e. The van der Waals surface area contributed by atoms with Gasteiger partial charge < -0.3 is 18.9 Å². The summed E-state index contributed by atoms with van der Waals surface area (Å²) in [6, 6.07) is 96.4. The number of hydrogen-bond acceptors (Lipinski definition) is 2. The van der Waals surface area contributed by atoms with Crippen LogP contribution in [0.5, 0.6) is 0 Å². The number of benzene rings is 13. The van der Waals surface area contributed by atoms with Gasteiger partial charge in [0.1, 0.15) is 11.6 Å². The molecule has 2 aromatic heterocycles. The molecule has 0 saturated carbocycles. The average Bonchev–Trinajstić information content (AvgIpc) is 4.21. The Labute approximate surface area is 448 Å². The molecule has 0 aliphatic heterocycles. The minimum absolute atomic E-state index is 0.260. The van der Waals surface area contributed by atoms with Gasteiger partial charge in [-0.05, 0) is 178 Å². The zero-order chi connectivity index (χ0) is 51.8. The van der Waals surface area contributed by atoms with Gasteiger partial charge in [0.2, 0.25) is 0 Å². The first-order chi connectivity index (χ1) is 38.5. The summed E-state index contributed by atoms with van der Waals surface area (Å²) in [6.45, 7) is 0. The zero-order valence-electron chi connectivity index (χ0n) is 42.1. The summed E-state index contributed by atoms with van der Waals surface area (Å²) >= 11 is 0. The van der Waals surface area contributed by atoms with Crippen LogP contribution in [-0.4, -0.2) is 9.13 Å². The van der Waals surface area contributed by atoms with Crippen molar-refractivity contribution in [3.8, 4) is 22.5 Å². The summed E-state index contributed by atoms with van der Waals surface area (Å²) in [6.07, 6.45) is 0. The van der Waals surface area contributed by atoms with Gasteiger partial charge in [-0.2, -0.15) is 0 Å². The van der Waals surface area contributed by atoms with E-state index in [0.717, 1.165) is 122 Å². The molecule has 0 spiro atoms. The lowest BCUT2D eigenvalue weighted by Crippen LogP contribution is -2.10. The van der Waals surface area contributed by atoms with E-state index < -0.39 is 0 Å². The first kappa shape index (κ1) is 45.1. The van der Waals surface area contributed by atoms with Gasteiger partial charge >= 0.3 is 0 Å². The SMILES string of the molecule is Fc1ccc(-n2c3ccccc3c3cc(N(c4ccc(-c5cccc6c(N(c7ccc8ccccc8c7)c7ccc8c(c7)c7ccccc7n8-c7ccc(F)cc7)cccc56)cc4)c4ccc5ccccc5c4)ccc32)cc1. The summed E-state index contributed by atoms with van der Waals surface area (Å²) in [5.74, 6) is -0.521. The van der Waals surface area contributed by atoms with E-state index in [2.05, 4.69) is 249 Å². The molecular formula is C72H46F2N4. The molecule has 0 saturated heterocycles. The average molecular weight is 1010 g/mol. The fourth-order valence-corrected chi connectivity index (χ4v) is 12.0. The third-order valence-electron chi connectivity index (χ3n) is 15.6. The fraction of sp³-hybridized carbons (Fsp3) is 0. The van der Waals surface area contributed by atoms with Crippen molar-refractivity contribution in [2.75, 3.05) is 9.80 Å². The fourth-order valence-electron chi connectivity index (χ4n) is 12.0. The van der Waals surface area contributed by atoms with Gasteiger partial charge in [-0.25, -0.2) is 8.78 Å². The molecule has 368 valence electrons. The Hall–Kier alpha value is -10.3. The van der Waals surface area contributed by atoms with Crippen molar-refractivity contribution >= 4 is 110 Å². The molecule has 0 amide bonds. The highest BCUT2D eigenvalue weighted by molar-refractivity contribution is 6.13. The molecule has 4 nitrogen and oxygen atoms in total.